The van der Waals surface area contributed by atoms with E-state index in [1.807, 2.05) is 0 Å². The second kappa shape index (κ2) is 6.01. The fraction of sp³-hybridized carbons (Fsp3) is 0.500. The van der Waals surface area contributed by atoms with Crippen molar-refractivity contribution in [1.82, 2.24) is 5.32 Å². The van der Waals surface area contributed by atoms with Crippen LogP contribution in [0.1, 0.15) is 12.0 Å². The molecule has 0 radical (unpaired) electrons. The predicted octanol–water partition coefficient (Wildman–Crippen LogP) is 3.05. The van der Waals surface area contributed by atoms with E-state index in [-0.39, 0.29) is 5.02 Å². The first-order chi connectivity index (χ1) is 8.16. The molecule has 1 unspecified atom stereocenters. The Morgan fingerprint density at radius 2 is 2.18 bits per heavy atom. The van der Waals surface area contributed by atoms with Crippen LogP contribution >= 0.6 is 23.2 Å². The molecule has 0 aliphatic carbocycles. The Kier molecular flexibility index (Phi) is 4.62. The van der Waals surface area contributed by atoms with Crippen molar-refractivity contribution >= 4 is 23.2 Å². The number of nitrogens with one attached hydrogen (secondary N) is 1. The van der Waals surface area contributed by atoms with Gasteiger partial charge in [-0.2, -0.15) is 0 Å². The molecule has 2 nitrogen and oxygen atoms in total. The Bertz CT molecular complexity index is 394. The van der Waals surface area contributed by atoms with E-state index in [1.54, 1.807) is 0 Å². The van der Waals surface area contributed by atoms with E-state index in [0.29, 0.717) is 24.1 Å². The smallest absolute Gasteiger partial charge is 0.142 e. The summed E-state index contributed by atoms with van der Waals surface area (Å²) in [7, 11) is 0. The number of hydrogen-bond donors (Lipinski definition) is 1. The molecule has 17 heavy (non-hydrogen) atoms. The highest BCUT2D eigenvalue weighted by Crippen LogP contribution is 2.25. The van der Waals surface area contributed by atoms with Crippen molar-refractivity contribution in [1.29, 1.82) is 0 Å². The Labute approximate surface area is 110 Å². The van der Waals surface area contributed by atoms with Gasteiger partial charge in [-0.15, -0.1) is 0 Å². The van der Waals surface area contributed by atoms with Crippen molar-refractivity contribution < 1.29 is 9.13 Å². The van der Waals surface area contributed by atoms with Gasteiger partial charge in [0.15, 0.2) is 0 Å². The van der Waals surface area contributed by atoms with Crippen LogP contribution in [0.2, 0.25) is 10.0 Å². The summed E-state index contributed by atoms with van der Waals surface area (Å²) in [5, 5.41) is 3.94. The summed E-state index contributed by atoms with van der Waals surface area (Å²) in [5.41, 5.74) is 0.793. The maximum Gasteiger partial charge on any atom is 0.142 e. The van der Waals surface area contributed by atoms with Gasteiger partial charge in [0.05, 0.1) is 18.2 Å². The van der Waals surface area contributed by atoms with E-state index in [0.717, 1.165) is 25.1 Å². The minimum Gasteiger partial charge on any atom is -0.379 e. The highest BCUT2D eigenvalue weighted by Gasteiger charge is 2.14. The molecule has 94 valence electrons. The SMILES string of the molecule is Fc1cc(CCC2COCCN2)c(Cl)cc1Cl. The summed E-state index contributed by atoms with van der Waals surface area (Å²) in [6, 6.07) is 3.19. The molecule has 1 aliphatic rings. The third-order valence-corrected chi connectivity index (χ3v) is 3.49. The van der Waals surface area contributed by atoms with Gasteiger partial charge in [0.1, 0.15) is 5.82 Å². The molecule has 2 rings (SSSR count). The maximum atomic E-state index is 13.3. The number of halogens is 3. The van der Waals surface area contributed by atoms with Gasteiger partial charge in [-0.25, -0.2) is 4.39 Å². The van der Waals surface area contributed by atoms with Crippen molar-refractivity contribution in [2.75, 3.05) is 19.8 Å². The highest BCUT2D eigenvalue weighted by molar-refractivity contribution is 6.35. The molecule has 0 amide bonds. The summed E-state index contributed by atoms with van der Waals surface area (Å²) >= 11 is 11.7. The molecule has 0 spiro atoms. The lowest BCUT2D eigenvalue weighted by molar-refractivity contribution is 0.0743. The molecule has 0 saturated carbocycles. The van der Waals surface area contributed by atoms with Gasteiger partial charge in [-0.05, 0) is 30.5 Å². The van der Waals surface area contributed by atoms with E-state index in [2.05, 4.69) is 5.32 Å². The lowest BCUT2D eigenvalue weighted by Gasteiger charge is -2.23. The largest absolute Gasteiger partial charge is 0.379 e. The van der Waals surface area contributed by atoms with Gasteiger partial charge in [-0.3, -0.25) is 0 Å². The van der Waals surface area contributed by atoms with E-state index in [9.17, 15) is 4.39 Å². The van der Waals surface area contributed by atoms with Crippen LogP contribution in [0.25, 0.3) is 0 Å². The van der Waals surface area contributed by atoms with Crippen LogP contribution in [0.5, 0.6) is 0 Å². The number of benzene rings is 1. The molecule has 1 fully saturated rings. The molecule has 1 saturated heterocycles. The second-order valence-corrected chi connectivity index (χ2v) is 4.94. The third kappa shape index (κ3) is 3.55. The third-order valence-electron chi connectivity index (χ3n) is 2.85. The molecule has 0 aromatic heterocycles. The molecule has 1 aliphatic heterocycles. The fourth-order valence-electron chi connectivity index (χ4n) is 1.89. The molecule has 1 aromatic carbocycles. The average Bonchev–Trinajstić information content (AvgIpc) is 2.33. The van der Waals surface area contributed by atoms with Crippen molar-refractivity contribution in [3.8, 4) is 0 Å². The zero-order valence-corrected chi connectivity index (χ0v) is 10.8. The number of aryl methyl sites for hydroxylation is 1. The van der Waals surface area contributed by atoms with E-state index in [4.69, 9.17) is 27.9 Å². The Morgan fingerprint density at radius 3 is 2.88 bits per heavy atom. The average molecular weight is 278 g/mol. The summed E-state index contributed by atoms with van der Waals surface area (Å²) in [4.78, 5) is 0. The van der Waals surface area contributed by atoms with Gasteiger partial charge in [0.25, 0.3) is 0 Å². The summed E-state index contributed by atoms with van der Waals surface area (Å²) < 4.78 is 18.6. The number of ether oxygens (including phenoxy) is 1. The van der Waals surface area contributed by atoms with Crippen LogP contribution in [-0.2, 0) is 11.2 Å². The van der Waals surface area contributed by atoms with Crippen LogP contribution in [0, 0.1) is 5.82 Å². The Morgan fingerprint density at radius 1 is 1.35 bits per heavy atom. The quantitative estimate of drug-likeness (QED) is 0.858. The second-order valence-electron chi connectivity index (χ2n) is 4.12. The molecule has 1 heterocycles. The van der Waals surface area contributed by atoms with Crippen LogP contribution in [0.3, 0.4) is 0 Å². The van der Waals surface area contributed by atoms with Crippen LogP contribution in [0.4, 0.5) is 4.39 Å². The van der Waals surface area contributed by atoms with Gasteiger partial charge in [0, 0.05) is 17.6 Å². The van der Waals surface area contributed by atoms with Crippen molar-refractivity contribution in [2.24, 2.45) is 0 Å². The first-order valence-corrected chi connectivity index (χ1v) is 6.37. The molecule has 1 N–H and O–H groups in total. The molecular formula is C12H14Cl2FNO. The molecular weight excluding hydrogens is 264 g/mol. The van der Waals surface area contributed by atoms with E-state index >= 15 is 0 Å². The molecule has 5 heteroatoms. The molecule has 1 aromatic rings. The Hall–Kier alpha value is -0.350. The predicted molar refractivity (Wildman–Crippen MR) is 67.4 cm³/mol. The van der Waals surface area contributed by atoms with E-state index in [1.165, 1.54) is 12.1 Å². The minimum absolute atomic E-state index is 0.0675. The summed E-state index contributed by atoms with van der Waals surface area (Å²) in [6.45, 7) is 2.33. The lowest BCUT2D eigenvalue weighted by atomic mass is 10.0. The summed E-state index contributed by atoms with van der Waals surface area (Å²) in [5.74, 6) is -0.418. The first kappa shape index (κ1) is 13.1. The topological polar surface area (TPSA) is 21.3 Å². The van der Waals surface area contributed by atoms with Crippen molar-refractivity contribution in [2.45, 2.75) is 18.9 Å². The van der Waals surface area contributed by atoms with E-state index < -0.39 is 5.82 Å². The van der Waals surface area contributed by atoms with Crippen LogP contribution < -0.4 is 5.32 Å². The zero-order valence-electron chi connectivity index (χ0n) is 9.31. The number of morpholine rings is 1. The first-order valence-electron chi connectivity index (χ1n) is 5.61. The maximum absolute atomic E-state index is 13.3. The van der Waals surface area contributed by atoms with Crippen LogP contribution in [-0.4, -0.2) is 25.8 Å². The van der Waals surface area contributed by atoms with Crippen LogP contribution in [0.15, 0.2) is 12.1 Å². The fourth-order valence-corrected chi connectivity index (χ4v) is 2.37. The standard InChI is InChI=1S/C12H14Cl2FNO/c13-10-6-11(14)12(15)5-8(10)1-2-9-7-17-4-3-16-9/h5-6,9,16H,1-4,7H2. The monoisotopic (exact) mass is 277 g/mol. The van der Waals surface area contributed by atoms with Crippen molar-refractivity contribution in [3.05, 3.63) is 33.6 Å². The lowest BCUT2D eigenvalue weighted by Crippen LogP contribution is -2.41. The van der Waals surface area contributed by atoms with Gasteiger partial charge in [-0.1, -0.05) is 23.2 Å². The number of hydrogen-bond acceptors (Lipinski definition) is 2. The normalized spacial score (nSPS) is 20.5. The van der Waals surface area contributed by atoms with Crippen molar-refractivity contribution in [3.63, 3.8) is 0 Å². The Balaban J connectivity index is 1.96. The molecule has 1 atom stereocenters. The minimum atomic E-state index is -0.418. The zero-order chi connectivity index (χ0) is 12.3. The van der Waals surface area contributed by atoms with Gasteiger partial charge < -0.3 is 10.1 Å². The summed E-state index contributed by atoms with van der Waals surface area (Å²) in [6.07, 6.45) is 1.59. The van der Waals surface area contributed by atoms with Gasteiger partial charge >= 0.3 is 0 Å². The highest BCUT2D eigenvalue weighted by atomic mass is 35.5. The molecule has 0 bridgehead atoms. The van der Waals surface area contributed by atoms with Gasteiger partial charge in [0.2, 0.25) is 0 Å². The number of rotatable bonds is 3.